The van der Waals surface area contributed by atoms with Crippen LogP contribution >= 0.6 is 35.4 Å². The molecule has 0 radical (unpaired) electrons. The van der Waals surface area contributed by atoms with E-state index in [1.54, 1.807) is 16.7 Å². The summed E-state index contributed by atoms with van der Waals surface area (Å²) in [6, 6.07) is 12.9. The van der Waals surface area contributed by atoms with E-state index in [0.29, 0.717) is 26.2 Å². The summed E-state index contributed by atoms with van der Waals surface area (Å²) >= 11 is 18.1. The SMILES string of the molecule is COC(=O)c1[nH]c(=S)n2c1CN=C(c1ccccc1Cl)c1cc(Cl)ccc1-2. The van der Waals surface area contributed by atoms with Crippen molar-refractivity contribution in [1.29, 1.82) is 0 Å². The molecule has 4 rings (SSSR count). The average Bonchev–Trinajstić information content (AvgIpc) is 2.89. The van der Waals surface area contributed by atoms with Crippen molar-refractivity contribution < 1.29 is 9.53 Å². The Balaban J connectivity index is 2.04. The highest BCUT2D eigenvalue weighted by Gasteiger charge is 2.26. The first-order valence-corrected chi connectivity index (χ1v) is 9.19. The summed E-state index contributed by atoms with van der Waals surface area (Å²) in [5.41, 5.74) is 3.92. The van der Waals surface area contributed by atoms with E-state index in [1.165, 1.54) is 7.11 Å². The number of nitrogens with zero attached hydrogens (tertiary/aromatic N) is 2. The zero-order chi connectivity index (χ0) is 19.1. The fraction of sp³-hybridized carbons (Fsp3) is 0.105. The van der Waals surface area contributed by atoms with Crippen molar-refractivity contribution in [3.8, 4) is 5.69 Å². The van der Waals surface area contributed by atoms with Gasteiger partial charge in [0.2, 0.25) is 0 Å². The first-order valence-electron chi connectivity index (χ1n) is 8.03. The van der Waals surface area contributed by atoms with Gasteiger partial charge in [-0.2, -0.15) is 0 Å². The van der Waals surface area contributed by atoms with Crippen molar-refractivity contribution in [2.24, 2.45) is 4.99 Å². The van der Waals surface area contributed by atoms with Crippen LogP contribution in [0.4, 0.5) is 0 Å². The van der Waals surface area contributed by atoms with Crippen molar-refractivity contribution >= 4 is 47.1 Å². The normalized spacial score (nSPS) is 12.6. The van der Waals surface area contributed by atoms with Crippen LogP contribution in [0.25, 0.3) is 5.69 Å². The van der Waals surface area contributed by atoms with Crippen LogP contribution in [-0.2, 0) is 11.3 Å². The summed E-state index contributed by atoms with van der Waals surface area (Å²) in [6.07, 6.45) is 0. The molecular weight excluding hydrogens is 405 g/mol. The fourth-order valence-electron chi connectivity index (χ4n) is 3.16. The number of hydrogen-bond acceptors (Lipinski definition) is 4. The number of halogens is 2. The molecule has 2 aromatic carbocycles. The number of aromatic amines is 1. The molecule has 0 saturated carbocycles. The number of rotatable bonds is 2. The third kappa shape index (κ3) is 3.00. The quantitative estimate of drug-likeness (QED) is 0.472. The molecule has 27 heavy (non-hydrogen) atoms. The Hall–Kier alpha value is -2.41. The average molecular weight is 418 g/mol. The van der Waals surface area contributed by atoms with Gasteiger partial charge in [0, 0.05) is 21.2 Å². The highest BCUT2D eigenvalue weighted by atomic mass is 35.5. The minimum atomic E-state index is -0.498. The molecule has 3 aromatic rings. The second kappa shape index (κ2) is 6.96. The highest BCUT2D eigenvalue weighted by molar-refractivity contribution is 7.71. The molecule has 0 unspecified atom stereocenters. The standard InChI is InChI=1S/C19H13Cl2N3O2S/c1-26-18(25)17-15-9-22-16(11-4-2-3-5-13(11)21)12-8-10(20)6-7-14(12)24(15)19(27)23-17/h2-8H,9H2,1H3,(H,23,27). The van der Waals surface area contributed by atoms with Gasteiger partial charge >= 0.3 is 5.97 Å². The van der Waals surface area contributed by atoms with Gasteiger partial charge in [0.15, 0.2) is 4.77 Å². The zero-order valence-corrected chi connectivity index (χ0v) is 16.5. The maximum atomic E-state index is 12.2. The molecule has 5 nitrogen and oxygen atoms in total. The van der Waals surface area contributed by atoms with Gasteiger partial charge in [-0.1, -0.05) is 41.4 Å². The Morgan fingerprint density at radius 1 is 1.22 bits per heavy atom. The molecule has 1 aliphatic rings. The lowest BCUT2D eigenvalue weighted by atomic mass is 10.0. The number of esters is 1. The molecular formula is C19H13Cl2N3O2S. The summed E-state index contributed by atoms with van der Waals surface area (Å²) in [5, 5.41) is 1.14. The van der Waals surface area contributed by atoms with E-state index < -0.39 is 5.97 Å². The number of aliphatic imine (C=N–C) groups is 1. The summed E-state index contributed by atoms with van der Waals surface area (Å²) < 4.78 is 7.05. The van der Waals surface area contributed by atoms with E-state index >= 15 is 0 Å². The molecule has 0 bridgehead atoms. The second-order valence-corrected chi connectivity index (χ2v) is 7.12. The van der Waals surface area contributed by atoms with E-state index in [1.807, 2.05) is 30.3 Å². The Kier molecular flexibility index (Phi) is 4.63. The number of methoxy groups -OCH3 is 1. The van der Waals surface area contributed by atoms with Crippen LogP contribution in [0, 0.1) is 4.77 Å². The van der Waals surface area contributed by atoms with Crippen LogP contribution in [0.5, 0.6) is 0 Å². The number of hydrogen-bond donors (Lipinski definition) is 1. The van der Waals surface area contributed by atoms with Crippen molar-refractivity contribution in [2.45, 2.75) is 6.54 Å². The minimum absolute atomic E-state index is 0.227. The smallest absolute Gasteiger partial charge is 0.356 e. The van der Waals surface area contributed by atoms with Gasteiger partial charge in [-0.3, -0.25) is 9.56 Å². The second-order valence-electron chi connectivity index (χ2n) is 5.88. The minimum Gasteiger partial charge on any atom is -0.464 e. The van der Waals surface area contributed by atoms with Gasteiger partial charge in [0.1, 0.15) is 5.69 Å². The maximum absolute atomic E-state index is 12.2. The van der Waals surface area contributed by atoms with E-state index in [0.717, 1.165) is 16.8 Å². The van der Waals surface area contributed by atoms with Gasteiger partial charge in [0.25, 0.3) is 0 Å². The van der Waals surface area contributed by atoms with Crippen LogP contribution in [0.15, 0.2) is 47.5 Å². The van der Waals surface area contributed by atoms with E-state index in [9.17, 15) is 4.79 Å². The van der Waals surface area contributed by atoms with Crippen LogP contribution in [-0.4, -0.2) is 28.3 Å². The van der Waals surface area contributed by atoms with Gasteiger partial charge in [-0.05, 0) is 36.5 Å². The van der Waals surface area contributed by atoms with Gasteiger partial charge < -0.3 is 9.72 Å². The van der Waals surface area contributed by atoms with E-state index in [4.69, 9.17) is 45.1 Å². The van der Waals surface area contributed by atoms with Crippen LogP contribution in [0.2, 0.25) is 10.0 Å². The summed E-state index contributed by atoms with van der Waals surface area (Å²) in [7, 11) is 1.33. The molecule has 1 aromatic heterocycles. The van der Waals surface area contributed by atoms with Crippen LogP contribution in [0.3, 0.4) is 0 Å². The number of ether oxygens (including phenoxy) is 1. The Morgan fingerprint density at radius 2 is 2.00 bits per heavy atom. The number of H-pyrrole nitrogens is 1. The lowest BCUT2D eigenvalue weighted by Crippen LogP contribution is -2.08. The molecule has 0 spiro atoms. The third-order valence-corrected chi connectivity index (χ3v) is 5.20. The molecule has 0 aliphatic carbocycles. The zero-order valence-electron chi connectivity index (χ0n) is 14.1. The lowest BCUT2D eigenvalue weighted by Gasteiger charge is -2.13. The Morgan fingerprint density at radius 3 is 2.74 bits per heavy atom. The largest absolute Gasteiger partial charge is 0.464 e. The molecule has 0 saturated heterocycles. The van der Waals surface area contributed by atoms with Crippen molar-refractivity contribution in [1.82, 2.24) is 9.55 Å². The number of nitrogens with one attached hydrogen (secondary N) is 1. The molecule has 136 valence electrons. The first kappa shape index (κ1) is 18.0. The number of benzene rings is 2. The van der Waals surface area contributed by atoms with Crippen LogP contribution < -0.4 is 0 Å². The summed E-state index contributed by atoms with van der Waals surface area (Å²) in [4.78, 5) is 19.9. The van der Waals surface area contributed by atoms with Crippen LogP contribution in [0.1, 0.15) is 27.3 Å². The predicted molar refractivity (Wildman–Crippen MR) is 108 cm³/mol. The number of aromatic nitrogens is 2. The molecule has 1 aliphatic heterocycles. The van der Waals surface area contributed by atoms with Crippen molar-refractivity contribution in [3.63, 3.8) is 0 Å². The number of carbonyl (C=O) groups excluding carboxylic acids is 1. The Bertz CT molecular complexity index is 1160. The maximum Gasteiger partial charge on any atom is 0.356 e. The number of fused-ring (bicyclic) bond motifs is 3. The van der Waals surface area contributed by atoms with Crippen molar-refractivity contribution in [3.05, 3.63) is 79.8 Å². The molecule has 0 atom stereocenters. The molecule has 2 heterocycles. The lowest BCUT2D eigenvalue weighted by molar-refractivity contribution is 0.0593. The van der Waals surface area contributed by atoms with E-state index in [2.05, 4.69) is 4.98 Å². The molecule has 0 fully saturated rings. The van der Waals surface area contributed by atoms with Gasteiger partial charge in [0.05, 0.1) is 30.7 Å². The third-order valence-electron chi connectivity index (χ3n) is 4.35. The topological polar surface area (TPSA) is 59.4 Å². The van der Waals surface area contributed by atoms with E-state index in [-0.39, 0.29) is 12.2 Å². The highest BCUT2D eigenvalue weighted by Crippen LogP contribution is 2.31. The first-order chi connectivity index (χ1) is 13.0. The predicted octanol–water partition coefficient (Wildman–Crippen LogP) is 4.98. The molecule has 1 N–H and O–H groups in total. The molecule has 8 heteroatoms. The number of carbonyl (C=O) groups is 1. The monoisotopic (exact) mass is 417 g/mol. The summed E-state index contributed by atoms with van der Waals surface area (Å²) in [6.45, 7) is 0.227. The van der Waals surface area contributed by atoms with Gasteiger partial charge in [-0.15, -0.1) is 0 Å². The fourth-order valence-corrected chi connectivity index (χ4v) is 3.87. The summed E-state index contributed by atoms with van der Waals surface area (Å²) in [5.74, 6) is -0.498. The Labute approximate surface area is 170 Å². The van der Waals surface area contributed by atoms with Crippen molar-refractivity contribution in [2.75, 3.05) is 7.11 Å². The number of imidazole rings is 1. The van der Waals surface area contributed by atoms with Gasteiger partial charge in [-0.25, -0.2) is 4.79 Å². The molecule has 0 amide bonds.